The van der Waals surface area contributed by atoms with Crippen molar-refractivity contribution in [3.05, 3.63) is 51.5 Å². The zero-order valence-electron chi connectivity index (χ0n) is 9.45. The summed E-state index contributed by atoms with van der Waals surface area (Å²) in [7, 11) is 0. The molecule has 1 aromatic heterocycles. The van der Waals surface area contributed by atoms with E-state index in [2.05, 4.69) is 26.2 Å². The monoisotopic (exact) mass is 343 g/mol. The number of carbonyl (C=O) groups excluding carboxylic acids is 1. The Morgan fingerprint density at radius 2 is 2.16 bits per heavy atom. The normalized spacial score (nSPS) is 10.3. The number of hydrogen-bond donors (Lipinski definition) is 2. The molecule has 0 fully saturated rings. The van der Waals surface area contributed by atoms with Crippen molar-refractivity contribution in [1.29, 1.82) is 0 Å². The van der Waals surface area contributed by atoms with Gasteiger partial charge in [0.25, 0.3) is 5.91 Å². The number of rotatable bonds is 2. The average Bonchev–Trinajstić information content (AvgIpc) is 2.33. The lowest BCUT2D eigenvalue weighted by molar-refractivity contribution is 0.102. The van der Waals surface area contributed by atoms with Gasteiger partial charge in [0, 0.05) is 16.4 Å². The maximum atomic E-state index is 13.1. The van der Waals surface area contributed by atoms with E-state index in [1.165, 1.54) is 18.3 Å². The van der Waals surface area contributed by atoms with Crippen molar-refractivity contribution in [1.82, 2.24) is 4.98 Å². The lowest BCUT2D eigenvalue weighted by Gasteiger charge is -2.09. The van der Waals surface area contributed by atoms with Crippen LogP contribution in [0.15, 0.2) is 34.9 Å². The number of nitrogen functional groups attached to an aromatic ring is 1. The Balaban J connectivity index is 2.29. The van der Waals surface area contributed by atoms with Crippen LogP contribution in [0.2, 0.25) is 5.02 Å². The smallest absolute Gasteiger partial charge is 0.274 e. The van der Waals surface area contributed by atoms with E-state index in [1.54, 1.807) is 6.07 Å². The second kappa shape index (κ2) is 5.54. The summed E-state index contributed by atoms with van der Waals surface area (Å²) in [6, 6.07) is 5.31. The molecule has 98 valence electrons. The minimum Gasteiger partial charge on any atom is -0.399 e. The molecular weight excluding hydrogens is 337 g/mol. The molecule has 19 heavy (non-hydrogen) atoms. The lowest BCUT2D eigenvalue weighted by atomic mass is 10.2. The Labute approximate surface area is 121 Å². The van der Waals surface area contributed by atoms with Crippen molar-refractivity contribution in [2.24, 2.45) is 0 Å². The van der Waals surface area contributed by atoms with Crippen LogP contribution in [-0.4, -0.2) is 10.9 Å². The Kier molecular flexibility index (Phi) is 4.01. The molecule has 0 unspecified atom stereocenters. The number of nitrogens with two attached hydrogens (primary N) is 1. The van der Waals surface area contributed by atoms with Gasteiger partial charge in [0.1, 0.15) is 11.5 Å². The topological polar surface area (TPSA) is 68.0 Å². The third kappa shape index (κ3) is 3.21. The Morgan fingerprint density at radius 1 is 1.42 bits per heavy atom. The SMILES string of the molecule is Nc1ccnc(C(=O)Nc2c(Cl)cc(F)cc2Br)c1. The lowest BCUT2D eigenvalue weighted by Crippen LogP contribution is -2.14. The van der Waals surface area contributed by atoms with Crippen LogP contribution in [0.4, 0.5) is 15.8 Å². The second-order valence-electron chi connectivity index (χ2n) is 3.67. The number of benzene rings is 1. The fraction of sp³-hybridized carbons (Fsp3) is 0. The van der Waals surface area contributed by atoms with Crippen molar-refractivity contribution in [3.8, 4) is 0 Å². The molecule has 4 nitrogen and oxygen atoms in total. The highest BCUT2D eigenvalue weighted by molar-refractivity contribution is 9.10. The molecule has 0 spiro atoms. The highest BCUT2D eigenvalue weighted by Gasteiger charge is 2.13. The van der Waals surface area contributed by atoms with Crippen LogP contribution in [0, 0.1) is 5.82 Å². The fourth-order valence-corrected chi connectivity index (χ4v) is 2.31. The number of aromatic nitrogens is 1. The first-order valence-electron chi connectivity index (χ1n) is 5.15. The molecule has 1 amide bonds. The molecule has 0 saturated heterocycles. The quantitative estimate of drug-likeness (QED) is 0.876. The molecule has 2 aromatic rings. The molecule has 0 aliphatic rings. The van der Waals surface area contributed by atoms with Gasteiger partial charge in [-0.15, -0.1) is 0 Å². The Bertz CT molecular complexity index is 628. The minimum absolute atomic E-state index is 0.0872. The van der Waals surface area contributed by atoms with E-state index < -0.39 is 11.7 Å². The number of nitrogens with zero attached hydrogens (tertiary/aromatic N) is 1. The molecule has 0 aliphatic carbocycles. The van der Waals surface area contributed by atoms with Gasteiger partial charge in [-0.1, -0.05) is 11.6 Å². The number of halogens is 3. The summed E-state index contributed by atoms with van der Waals surface area (Å²) < 4.78 is 13.4. The number of amides is 1. The van der Waals surface area contributed by atoms with Gasteiger partial charge in [0.15, 0.2) is 0 Å². The maximum Gasteiger partial charge on any atom is 0.274 e. The number of hydrogen-bond acceptors (Lipinski definition) is 3. The molecule has 0 bridgehead atoms. The second-order valence-corrected chi connectivity index (χ2v) is 4.93. The van der Waals surface area contributed by atoms with Crippen LogP contribution in [0.5, 0.6) is 0 Å². The maximum absolute atomic E-state index is 13.1. The molecular formula is C12H8BrClFN3O. The molecule has 0 aliphatic heterocycles. The van der Waals surface area contributed by atoms with Crippen LogP contribution >= 0.6 is 27.5 Å². The van der Waals surface area contributed by atoms with E-state index in [9.17, 15) is 9.18 Å². The third-order valence-electron chi connectivity index (χ3n) is 2.26. The van der Waals surface area contributed by atoms with Crippen molar-refractivity contribution < 1.29 is 9.18 Å². The number of nitrogens with one attached hydrogen (secondary N) is 1. The summed E-state index contributed by atoms with van der Waals surface area (Å²) in [4.78, 5) is 15.8. The van der Waals surface area contributed by atoms with Gasteiger partial charge < -0.3 is 11.1 Å². The largest absolute Gasteiger partial charge is 0.399 e. The van der Waals surface area contributed by atoms with E-state index in [0.717, 1.165) is 6.07 Å². The zero-order chi connectivity index (χ0) is 14.0. The standard InChI is InChI=1S/C12H8BrClFN3O/c13-8-3-6(15)4-9(14)11(8)18-12(19)10-5-7(16)1-2-17-10/h1-5H,(H2,16,17)(H,18,19). The van der Waals surface area contributed by atoms with E-state index in [-0.39, 0.29) is 16.4 Å². The predicted octanol–water partition coefficient (Wildman–Crippen LogP) is 3.47. The summed E-state index contributed by atoms with van der Waals surface area (Å²) in [6.45, 7) is 0. The van der Waals surface area contributed by atoms with E-state index in [0.29, 0.717) is 10.2 Å². The van der Waals surface area contributed by atoms with Gasteiger partial charge in [0.05, 0.1) is 10.7 Å². The van der Waals surface area contributed by atoms with Crippen LogP contribution in [0.3, 0.4) is 0 Å². The van der Waals surface area contributed by atoms with Crippen molar-refractivity contribution >= 4 is 44.8 Å². The molecule has 7 heteroatoms. The summed E-state index contributed by atoms with van der Waals surface area (Å²) >= 11 is 9.00. The highest BCUT2D eigenvalue weighted by Crippen LogP contribution is 2.31. The first-order chi connectivity index (χ1) is 8.97. The van der Waals surface area contributed by atoms with E-state index >= 15 is 0 Å². The summed E-state index contributed by atoms with van der Waals surface area (Å²) in [5.74, 6) is -0.988. The Morgan fingerprint density at radius 3 is 2.79 bits per heavy atom. The summed E-state index contributed by atoms with van der Waals surface area (Å²) in [5.41, 5.74) is 6.41. The Hall–Kier alpha value is -1.66. The molecule has 0 atom stereocenters. The van der Waals surface area contributed by atoms with Crippen molar-refractivity contribution in [2.75, 3.05) is 11.1 Å². The number of carbonyl (C=O) groups is 1. The highest BCUT2D eigenvalue weighted by atomic mass is 79.9. The first kappa shape index (κ1) is 13.8. The van der Waals surface area contributed by atoms with Gasteiger partial charge in [-0.3, -0.25) is 9.78 Å². The molecule has 1 heterocycles. The fourth-order valence-electron chi connectivity index (χ4n) is 1.41. The number of pyridine rings is 1. The molecule has 2 rings (SSSR count). The van der Waals surface area contributed by atoms with Gasteiger partial charge in [0.2, 0.25) is 0 Å². The van der Waals surface area contributed by atoms with Crippen LogP contribution in [0.1, 0.15) is 10.5 Å². The van der Waals surface area contributed by atoms with E-state index in [4.69, 9.17) is 17.3 Å². The van der Waals surface area contributed by atoms with Gasteiger partial charge >= 0.3 is 0 Å². The minimum atomic E-state index is -0.503. The molecule has 0 radical (unpaired) electrons. The zero-order valence-corrected chi connectivity index (χ0v) is 11.8. The van der Waals surface area contributed by atoms with Gasteiger partial charge in [-0.2, -0.15) is 0 Å². The molecule has 1 aromatic carbocycles. The van der Waals surface area contributed by atoms with Crippen LogP contribution < -0.4 is 11.1 Å². The van der Waals surface area contributed by atoms with E-state index in [1.807, 2.05) is 0 Å². The van der Waals surface area contributed by atoms with Gasteiger partial charge in [-0.05, 0) is 40.2 Å². The average molecular weight is 345 g/mol. The van der Waals surface area contributed by atoms with Crippen molar-refractivity contribution in [3.63, 3.8) is 0 Å². The van der Waals surface area contributed by atoms with Crippen LogP contribution in [0.25, 0.3) is 0 Å². The third-order valence-corrected chi connectivity index (χ3v) is 3.19. The molecule has 3 N–H and O–H groups in total. The molecule has 0 saturated carbocycles. The van der Waals surface area contributed by atoms with Crippen molar-refractivity contribution in [2.45, 2.75) is 0 Å². The predicted molar refractivity (Wildman–Crippen MR) is 75.7 cm³/mol. The van der Waals surface area contributed by atoms with Crippen LogP contribution in [-0.2, 0) is 0 Å². The first-order valence-corrected chi connectivity index (χ1v) is 6.32. The van der Waals surface area contributed by atoms with Gasteiger partial charge in [-0.25, -0.2) is 4.39 Å². The number of anilines is 2. The summed E-state index contributed by atoms with van der Waals surface area (Å²) in [5, 5.41) is 2.63. The summed E-state index contributed by atoms with van der Waals surface area (Å²) in [6.07, 6.45) is 1.42.